The first-order chi connectivity index (χ1) is 8.59. The molecule has 0 saturated carbocycles. The number of H-pyrrole nitrogens is 1. The fourth-order valence-electron chi connectivity index (χ4n) is 1.50. The predicted octanol–water partition coefficient (Wildman–Crippen LogP) is 1.16. The smallest absolute Gasteiger partial charge is 0.280 e. The van der Waals surface area contributed by atoms with Crippen molar-refractivity contribution in [3.8, 4) is 0 Å². The molecule has 18 heavy (non-hydrogen) atoms. The summed E-state index contributed by atoms with van der Waals surface area (Å²) in [6, 6.07) is 1.66. The minimum absolute atomic E-state index is 0.158. The number of anilines is 2. The van der Waals surface area contributed by atoms with E-state index in [1.807, 2.05) is 13.8 Å². The number of rotatable bonds is 3. The molecular weight excluding hydrogens is 232 g/mol. The number of hydrogen-bond donors (Lipinski definition) is 3. The van der Waals surface area contributed by atoms with Crippen molar-refractivity contribution in [2.45, 2.75) is 19.8 Å². The summed E-state index contributed by atoms with van der Waals surface area (Å²) in [4.78, 5) is 19.7. The first kappa shape index (κ1) is 12.0. The maximum atomic E-state index is 11.9. The lowest BCUT2D eigenvalue weighted by atomic mass is 10.1. The summed E-state index contributed by atoms with van der Waals surface area (Å²) >= 11 is 0. The fraction of sp³-hybridized carbons (Fsp3) is 0.273. The first-order valence-corrected chi connectivity index (χ1v) is 5.51. The van der Waals surface area contributed by atoms with Crippen LogP contribution in [0.5, 0.6) is 0 Å². The van der Waals surface area contributed by atoms with Gasteiger partial charge in [-0.05, 0) is 12.0 Å². The van der Waals surface area contributed by atoms with Gasteiger partial charge in [-0.3, -0.25) is 15.2 Å². The molecule has 2 aromatic rings. The molecule has 0 aliphatic rings. The molecule has 4 N–H and O–H groups in total. The molecule has 2 aromatic heterocycles. The number of hydrogen-bond acceptors (Lipinski definition) is 5. The molecule has 94 valence electrons. The van der Waals surface area contributed by atoms with E-state index >= 15 is 0 Å². The largest absolute Gasteiger partial charge is 0.395 e. The van der Waals surface area contributed by atoms with Gasteiger partial charge < -0.3 is 5.73 Å². The second kappa shape index (κ2) is 4.82. The van der Waals surface area contributed by atoms with Gasteiger partial charge in [0.2, 0.25) is 5.95 Å². The van der Waals surface area contributed by atoms with E-state index in [1.54, 1.807) is 6.07 Å². The normalized spacial score (nSPS) is 10.6. The number of carbonyl (C=O) groups excluding carboxylic acids is 1. The Hall–Kier alpha value is -2.44. The van der Waals surface area contributed by atoms with Gasteiger partial charge in [-0.2, -0.15) is 5.10 Å². The monoisotopic (exact) mass is 246 g/mol. The van der Waals surface area contributed by atoms with Crippen LogP contribution in [0.4, 0.5) is 11.6 Å². The van der Waals surface area contributed by atoms with Crippen LogP contribution in [-0.2, 0) is 0 Å². The average molecular weight is 246 g/mol. The summed E-state index contributed by atoms with van der Waals surface area (Å²) < 4.78 is 0. The van der Waals surface area contributed by atoms with E-state index in [9.17, 15) is 4.79 Å². The van der Waals surface area contributed by atoms with Crippen molar-refractivity contribution in [3.63, 3.8) is 0 Å². The number of nitrogen functional groups attached to an aromatic ring is 1. The van der Waals surface area contributed by atoms with Crippen molar-refractivity contribution in [1.29, 1.82) is 0 Å². The lowest BCUT2D eigenvalue weighted by molar-refractivity contribution is 0.102. The van der Waals surface area contributed by atoms with Crippen LogP contribution in [-0.4, -0.2) is 26.1 Å². The van der Waals surface area contributed by atoms with Gasteiger partial charge in [-0.15, -0.1) is 0 Å². The third kappa shape index (κ3) is 2.29. The average Bonchev–Trinajstić information content (AvgIpc) is 2.72. The molecule has 0 bridgehead atoms. The minimum atomic E-state index is -0.429. The van der Waals surface area contributed by atoms with Crippen LogP contribution < -0.4 is 11.1 Å². The summed E-state index contributed by atoms with van der Waals surface area (Å²) in [7, 11) is 0. The maximum absolute atomic E-state index is 11.9. The highest BCUT2D eigenvalue weighted by molar-refractivity contribution is 6.05. The third-order valence-electron chi connectivity index (χ3n) is 2.42. The van der Waals surface area contributed by atoms with E-state index in [1.165, 1.54) is 12.4 Å². The Bertz CT molecular complexity index is 548. The molecule has 0 spiro atoms. The van der Waals surface area contributed by atoms with Gasteiger partial charge in [0, 0.05) is 12.4 Å². The molecule has 2 heterocycles. The zero-order valence-corrected chi connectivity index (χ0v) is 10.1. The summed E-state index contributed by atoms with van der Waals surface area (Å²) in [5, 5.41) is 9.21. The van der Waals surface area contributed by atoms with E-state index < -0.39 is 5.91 Å². The van der Waals surface area contributed by atoms with Crippen LogP contribution in [0.15, 0.2) is 18.5 Å². The van der Waals surface area contributed by atoms with Crippen molar-refractivity contribution in [2.75, 3.05) is 11.1 Å². The van der Waals surface area contributed by atoms with Crippen LogP contribution in [0.1, 0.15) is 35.9 Å². The highest BCUT2D eigenvalue weighted by Gasteiger charge is 2.19. The number of nitrogens with zero attached hydrogens (tertiary/aromatic N) is 3. The Morgan fingerprint density at radius 3 is 2.61 bits per heavy atom. The number of nitrogens with one attached hydrogen (secondary N) is 2. The molecular formula is C11H14N6O. The zero-order chi connectivity index (χ0) is 13.1. The molecule has 0 aliphatic carbocycles. The Labute approximate surface area is 104 Å². The van der Waals surface area contributed by atoms with Crippen LogP contribution in [0.25, 0.3) is 0 Å². The Balaban J connectivity index is 2.20. The lowest BCUT2D eigenvalue weighted by Crippen LogP contribution is -2.16. The molecule has 2 rings (SSSR count). The van der Waals surface area contributed by atoms with Gasteiger partial charge >= 0.3 is 0 Å². The van der Waals surface area contributed by atoms with Crippen molar-refractivity contribution >= 4 is 17.5 Å². The van der Waals surface area contributed by atoms with Crippen LogP contribution in [0.3, 0.4) is 0 Å². The highest BCUT2D eigenvalue weighted by Crippen LogP contribution is 2.22. The molecule has 7 heteroatoms. The molecule has 0 saturated heterocycles. The van der Waals surface area contributed by atoms with E-state index in [-0.39, 0.29) is 17.6 Å². The number of carbonyl (C=O) groups is 1. The van der Waals surface area contributed by atoms with Gasteiger partial charge in [-0.25, -0.2) is 9.97 Å². The number of amides is 1. The van der Waals surface area contributed by atoms with Crippen LogP contribution in [0, 0.1) is 0 Å². The summed E-state index contributed by atoms with van der Waals surface area (Å²) in [6.45, 7) is 3.93. The topological polar surface area (TPSA) is 110 Å². The Kier molecular flexibility index (Phi) is 3.22. The maximum Gasteiger partial charge on any atom is 0.280 e. The summed E-state index contributed by atoms with van der Waals surface area (Å²) in [5.41, 5.74) is 7.13. The Morgan fingerprint density at radius 1 is 1.39 bits per heavy atom. The van der Waals surface area contributed by atoms with Crippen LogP contribution >= 0.6 is 0 Å². The molecule has 0 atom stereocenters. The molecule has 0 radical (unpaired) electrons. The van der Waals surface area contributed by atoms with Gasteiger partial charge in [-0.1, -0.05) is 13.8 Å². The summed E-state index contributed by atoms with van der Waals surface area (Å²) in [6.07, 6.45) is 3.08. The van der Waals surface area contributed by atoms with Crippen molar-refractivity contribution < 1.29 is 4.79 Å². The second-order valence-corrected chi connectivity index (χ2v) is 4.08. The molecule has 0 aliphatic heterocycles. The number of nitrogens with two attached hydrogens (primary N) is 1. The molecule has 0 aromatic carbocycles. The quantitative estimate of drug-likeness (QED) is 0.752. The van der Waals surface area contributed by atoms with Gasteiger partial charge in [0.05, 0.1) is 11.4 Å². The molecule has 0 fully saturated rings. The van der Waals surface area contributed by atoms with Crippen molar-refractivity contribution in [3.05, 3.63) is 29.8 Å². The second-order valence-electron chi connectivity index (χ2n) is 4.08. The molecule has 0 unspecified atom stereocenters. The van der Waals surface area contributed by atoms with E-state index in [0.717, 1.165) is 5.69 Å². The Morgan fingerprint density at radius 2 is 2.06 bits per heavy atom. The minimum Gasteiger partial charge on any atom is -0.395 e. The SMILES string of the molecule is CC(C)c1[nH]nc(C(=O)Nc2ncccn2)c1N. The number of aromatic amines is 1. The number of aromatic nitrogens is 4. The fourth-order valence-corrected chi connectivity index (χ4v) is 1.50. The zero-order valence-electron chi connectivity index (χ0n) is 10.1. The van der Waals surface area contributed by atoms with Gasteiger partial charge in [0.1, 0.15) is 0 Å². The molecule has 7 nitrogen and oxygen atoms in total. The van der Waals surface area contributed by atoms with Gasteiger partial charge in [0.15, 0.2) is 5.69 Å². The highest BCUT2D eigenvalue weighted by atomic mass is 16.2. The van der Waals surface area contributed by atoms with Gasteiger partial charge in [0.25, 0.3) is 5.91 Å². The lowest BCUT2D eigenvalue weighted by Gasteiger charge is -2.03. The van der Waals surface area contributed by atoms with E-state index in [0.29, 0.717) is 5.69 Å². The van der Waals surface area contributed by atoms with Crippen molar-refractivity contribution in [2.24, 2.45) is 0 Å². The third-order valence-corrected chi connectivity index (χ3v) is 2.42. The summed E-state index contributed by atoms with van der Waals surface area (Å²) in [5.74, 6) is -0.0372. The first-order valence-electron chi connectivity index (χ1n) is 5.51. The van der Waals surface area contributed by atoms with E-state index in [4.69, 9.17) is 5.73 Å². The van der Waals surface area contributed by atoms with Crippen LogP contribution in [0.2, 0.25) is 0 Å². The van der Waals surface area contributed by atoms with E-state index in [2.05, 4.69) is 25.5 Å². The van der Waals surface area contributed by atoms with Crippen molar-refractivity contribution in [1.82, 2.24) is 20.2 Å². The molecule has 1 amide bonds. The predicted molar refractivity (Wildman–Crippen MR) is 67.1 cm³/mol. The standard InChI is InChI=1S/C11H14N6O/c1-6(2)8-7(12)9(17-16-8)10(18)15-11-13-4-3-5-14-11/h3-6H,12H2,1-2H3,(H,16,17)(H,13,14,15,18).